The van der Waals surface area contributed by atoms with Crippen LogP contribution in [0.15, 0.2) is 54.6 Å². The molecule has 3 aliphatic rings. The molecule has 0 saturated heterocycles. The van der Waals surface area contributed by atoms with Crippen molar-refractivity contribution in [1.29, 1.82) is 0 Å². The van der Waals surface area contributed by atoms with Gasteiger partial charge in [0.1, 0.15) is 6.04 Å². The summed E-state index contributed by atoms with van der Waals surface area (Å²) in [5.74, 6) is -0.578. The number of fused-ring (bicyclic) bond motifs is 1. The number of nitrogens with one attached hydrogen (secondary N) is 2. The normalized spacial score (nSPS) is 21.2. The Morgan fingerprint density at radius 2 is 1.68 bits per heavy atom. The summed E-state index contributed by atoms with van der Waals surface area (Å²) in [6.45, 7) is 0.486. The number of hydrogen-bond donors (Lipinski definition) is 2. The van der Waals surface area contributed by atoms with Gasteiger partial charge in [0.15, 0.2) is 0 Å². The van der Waals surface area contributed by atoms with Gasteiger partial charge in [-0.25, -0.2) is 0 Å². The summed E-state index contributed by atoms with van der Waals surface area (Å²) < 4.78 is 0. The van der Waals surface area contributed by atoms with Crippen molar-refractivity contribution in [2.75, 3.05) is 13.1 Å². The first kappa shape index (κ1) is 19.8. The zero-order valence-electron chi connectivity index (χ0n) is 17.5. The van der Waals surface area contributed by atoms with Crippen LogP contribution in [0.25, 0.3) is 0 Å². The molecule has 0 radical (unpaired) electrons. The fourth-order valence-electron chi connectivity index (χ4n) is 4.89. The largest absolute Gasteiger partial charge is 0.354 e. The second-order valence-electron chi connectivity index (χ2n) is 8.93. The van der Waals surface area contributed by atoms with Crippen LogP contribution in [0.2, 0.25) is 0 Å². The predicted molar refractivity (Wildman–Crippen MR) is 116 cm³/mol. The van der Waals surface area contributed by atoms with Crippen LogP contribution in [-0.2, 0) is 15.0 Å². The Hall–Kier alpha value is -3.15. The van der Waals surface area contributed by atoms with Crippen molar-refractivity contribution in [2.45, 2.75) is 49.6 Å². The predicted octanol–water partition coefficient (Wildman–Crippen LogP) is 2.70. The second-order valence-corrected chi connectivity index (χ2v) is 8.93. The second kappa shape index (κ2) is 7.84. The van der Waals surface area contributed by atoms with E-state index in [0.717, 1.165) is 37.7 Å². The molecule has 0 spiro atoms. The minimum Gasteiger partial charge on any atom is -0.354 e. The van der Waals surface area contributed by atoms with Crippen molar-refractivity contribution in [2.24, 2.45) is 0 Å². The lowest BCUT2D eigenvalue weighted by atomic mass is 9.64. The van der Waals surface area contributed by atoms with Gasteiger partial charge in [0.2, 0.25) is 11.8 Å². The first-order chi connectivity index (χ1) is 15.1. The van der Waals surface area contributed by atoms with E-state index in [4.69, 9.17) is 0 Å². The van der Waals surface area contributed by atoms with Crippen molar-refractivity contribution < 1.29 is 14.4 Å². The van der Waals surface area contributed by atoms with Crippen molar-refractivity contribution >= 4 is 17.7 Å². The van der Waals surface area contributed by atoms with Gasteiger partial charge < -0.3 is 15.5 Å². The highest BCUT2D eigenvalue weighted by atomic mass is 16.2. The monoisotopic (exact) mass is 417 g/mol. The molecule has 2 saturated carbocycles. The summed E-state index contributed by atoms with van der Waals surface area (Å²) >= 11 is 0. The summed E-state index contributed by atoms with van der Waals surface area (Å²) in [5, 5.41) is 5.78. The molecular weight excluding hydrogens is 390 g/mol. The molecule has 6 nitrogen and oxygen atoms in total. The van der Waals surface area contributed by atoms with E-state index >= 15 is 0 Å². The fraction of sp³-hybridized carbons (Fsp3) is 0.400. The van der Waals surface area contributed by atoms with Crippen LogP contribution in [0.4, 0.5) is 0 Å². The first-order valence-corrected chi connectivity index (χ1v) is 11.1. The molecule has 2 N–H and O–H groups in total. The molecule has 5 rings (SSSR count). The van der Waals surface area contributed by atoms with E-state index < -0.39 is 6.04 Å². The lowest BCUT2D eigenvalue weighted by Gasteiger charge is -2.42. The molecule has 1 aliphatic heterocycles. The molecule has 160 valence electrons. The number of rotatable bonds is 7. The standard InChI is InChI=1S/C25H27N3O3/c29-21(27-16-25(13-6-14-25)17-7-2-1-3-8-17)15-26-23(30)22-19-9-4-5-10-20(19)24(31)28(22)18-11-12-18/h1-5,7-10,18,22H,6,11-16H2,(H,26,30)(H,27,29)/t22-/m1/s1. The maximum Gasteiger partial charge on any atom is 0.255 e. The molecule has 0 unspecified atom stereocenters. The average Bonchev–Trinajstić information content (AvgIpc) is 3.56. The lowest BCUT2D eigenvalue weighted by Crippen LogP contribution is -2.48. The molecule has 6 heteroatoms. The van der Waals surface area contributed by atoms with Crippen LogP contribution in [0.5, 0.6) is 0 Å². The summed E-state index contributed by atoms with van der Waals surface area (Å²) in [7, 11) is 0. The van der Waals surface area contributed by atoms with Crippen LogP contribution in [0.1, 0.15) is 59.6 Å². The van der Waals surface area contributed by atoms with Gasteiger partial charge in [-0.3, -0.25) is 14.4 Å². The van der Waals surface area contributed by atoms with Gasteiger partial charge in [0, 0.05) is 23.6 Å². The van der Waals surface area contributed by atoms with Crippen LogP contribution < -0.4 is 10.6 Å². The van der Waals surface area contributed by atoms with E-state index in [0.29, 0.717) is 12.1 Å². The minimum absolute atomic E-state index is 0.000509. The maximum absolute atomic E-state index is 13.0. The SMILES string of the molecule is O=C(CNC(=O)[C@H]1c2ccccc2C(=O)N1C1CC1)NCC1(c2ccccc2)CCC1. The van der Waals surface area contributed by atoms with Gasteiger partial charge >= 0.3 is 0 Å². The molecule has 0 aromatic heterocycles. The molecule has 2 aromatic rings. The minimum atomic E-state index is -0.647. The molecule has 31 heavy (non-hydrogen) atoms. The highest BCUT2D eigenvalue weighted by Gasteiger charge is 2.47. The van der Waals surface area contributed by atoms with E-state index in [1.165, 1.54) is 5.56 Å². The van der Waals surface area contributed by atoms with Gasteiger partial charge in [-0.1, -0.05) is 55.0 Å². The molecule has 0 bridgehead atoms. The quantitative estimate of drug-likeness (QED) is 0.727. The smallest absolute Gasteiger partial charge is 0.255 e. The number of benzene rings is 2. The Labute approximate surface area is 182 Å². The Kier molecular flexibility index (Phi) is 5.00. The average molecular weight is 418 g/mol. The fourth-order valence-corrected chi connectivity index (χ4v) is 4.89. The summed E-state index contributed by atoms with van der Waals surface area (Å²) in [6, 6.07) is 17.0. The van der Waals surface area contributed by atoms with Crippen molar-refractivity contribution in [1.82, 2.24) is 15.5 Å². The van der Waals surface area contributed by atoms with Crippen LogP contribution in [0, 0.1) is 0 Å². The Balaban J connectivity index is 1.20. The first-order valence-electron chi connectivity index (χ1n) is 11.1. The van der Waals surface area contributed by atoms with Crippen LogP contribution in [0.3, 0.4) is 0 Å². The zero-order valence-corrected chi connectivity index (χ0v) is 17.5. The highest BCUT2D eigenvalue weighted by Crippen LogP contribution is 2.43. The Bertz CT molecular complexity index is 1010. The number of hydrogen-bond acceptors (Lipinski definition) is 3. The van der Waals surface area contributed by atoms with E-state index in [1.54, 1.807) is 11.0 Å². The molecule has 2 aromatic carbocycles. The topological polar surface area (TPSA) is 78.5 Å². The van der Waals surface area contributed by atoms with E-state index in [-0.39, 0.29) is 35.7 Å². The van der Waals surface area contributed by atoms with Gasteiger partial charge in [-0.15, -0.1) is 0 Å². The van der Waals surface area contributed by atoms with Crippen LogP contribution in [-0.4, -0.2) is 41.8 Å². The third-order valence-electron chi connectivity index (χ3n) is 6.93. The third-order valence-corrected chi connectivity index (χ3v) is 6.93. The van der Waals surface area contributed by atoms with E-state index in [9.17, 15) is 14.4 Å². The van der Waals surface area contributed by atoms with Gasteiger partial charge in [0.05, 0.1) is 6.54 Å². The Morgan fingerprint density at radius 1 is 0.968 bits per heavy atom. The van der Waals surface area contributed by atoms with Crippen molar-refractivity contribution in [3.63, 3.8) is 0 Å². The number of carbonyl (C=O) groups is 3. The summed E-state index contributed by atoms with van der Waals surface area (Å²) in [4.78, 5) is 40.0. The van der Waals surface area contributed by atoms with E-state index in [1.807, 2.05) is 36.4 Å². The maximum atomic E-state index is 13.0. The van der Waals surface area contributed by atoms with Gasteiger partial charge in [-0.2, -0.15) is 0 Å². The molecular formula is C25H27N3O3. The van der Waals surface area contributed by atoms with Gasteiger partial charge in [-0.05, 0) is 42.9 Å². The summed E-state index contributed by atoms with van der Waals surface area (Å²) in [6.07, 6.45) is 5.12. The molecule has 1 heterocycles. The highest BCUT2D eigenvalue weighted by molar-refractivity contribution is 6.05. The number of amides is 3. The molecule has 2 aliphatic carbocycles. The number of carbonyl (C=O) groups excluding carboxylic acids is 3. The lowest BCUT2D eigenvalue weighted by molar-refractivity contribution is -0.129. The van der Waals surface area contributed by atoms with Gasteiger partial charge in [0.25, 0.3) is 5.91 Å². The zero-order chi connectivity index (χ0) is 21.4. The molecule has 1 atom stereocenters. The molecule has 2 fully saturated rings. The third kappa shape index (κ3) is 3.60. The van der Waals surface area contributed by atoms with Crippen molar-refractivity contribution in [3.8, 4) is 0 Å². The summed E-state index contributed by atoms with van der Waals surface area (Å²) in [5.41, 5.74) is 2.58. The Morgan fingerprint density at radius 3 is 2.35 bits per heavy atom. The van der Waals surface area contributed by atoms with Crippen LogP contribution >= 0.6 is 0 Å². The van der Waals surface area contributed by atoms with Crippen molar-refractivity contribution in [3.05, 3.63) is 71.3 Å². The van der Waals surface area contributed by atoms with E-state index in [2.05, 4.69) is 22.8 Å². The molecule has 3 amide bonds. The number of nitrogens with zero attached hydrogens (tertiary/aromatic N) is 1.